The summed E-state index contributed by atoms with van der Waals surface area (Å²) in [6.07, 6.45) is 5.94. The maximum absolute atomic E-state index is 12.0. The Morgan fingerprint density at radius 3 is 2.62 bits per heavy atom. The van der Waals surface area contributed by atoms with Crippen molar-refractivity contribution in [3.8, 4) is 0 Å². The second kappa shape index (κ2) is 10.5. The van der Waals surface area contributed by atoms with E-state index in [1.807, 2.05) is 18.2 Å². The molecule has 0 radical (unpaired) electrons. The van der Waals surface area contributed by atoms with Gasteiger partial charge >= 0.3 is 0 Å². The van der Waals surface area contributed by atoms with Crippen molar-refractivity contribution in [2.45, 2.75) is 38.1 Å². The lowest BCUT2D eigenvalue weighted by Crippen LogP contribution is -2.43. The monoisotopic (exact) mass is 444 g/mol. The summed E-state index contributed by atoms with van der Waals surface area (Å²) in [4.78, 5) is 17.9. The van der Waals surface area contributed by atoms with Crippen LogP contribution in [0.3, 0.4) is 0 Å². The van der Waals surface area contributed by atoms with Crippen LogP contribution >= 0.6 is 24.0 Å². The molecule has 1 saturated carbocycles. The molecule has 0 saturated heterocycles. The standard InChI is InChI=1S/C18H28N4O.HI/c1-19-18(21-16-9-4-5-10-16)20-12-11-14-7-6-8-15(13-14)17(23)22(2)3;/h6-8,13,16H,4-5,9-12H2,1-3H3,(H2,19,20,21);1H. The highest BCUT2D eigenvalue weighted by Gasteiger charge is 2.15. The molecular weight excluding hydrogens is 415 g/mol. The maximum atomic E-state index is 12.0. The molecule has 24 heavy (non-hydrogen) atoms. The summed E-state index contributed by atoms with van der Waals surface area (Å²) in [5.74, 6) is 0.913. The summed E-state index contributed by atoms with van der Waals surface area (Å²) in [7, 11) is 5.35. The molecule has 0 aromatic heterocycles. The maximum Gasteiger partial charge on any atom is 0.253 e. The van der Waals surface area contributed by atoms with E-state index in [2.05, 4.69) is 21.7 Å². The average Bonchev–Trinajstić information content (AvgIpc) is 3.06. The van der Waals surface area contributed by atoms with Crippen LogP contribution in [0, 0.1) is 0 Å². The fourth-order valence-electron chi connectivity index (χ4n) is 2.90. The zero-order valence-electron chi connectivity index (χ0n) is 14.8. The van der Waals surface area contributed by atoms with E-state index in [1.54, 1.807) is 26.0 Å². The lowest BCUT2D eigenvalue weighted by molar-refractivity contribution is 0.0827. The molecule has 6 heteroatoms. The summed E-state index contributed by atoms with van der Waals surface area (Å²) < 4.78 is 0. The van der Waals surface area contributed by atoms with Crippen LogP contribution in [0.15, 0.2) is 29.3 Å². The smallest absolute Gasteiger partial charge is 0.253 e. The second-order valence-corrected chi connectivity index (χ2v) is 6.27. The Bertz CT molecular complexity index is 554. The lowest BCUT2D eigenvalue weighted by atomic mass is 10.1. The molecule has 2 N–H and O–H groups in total. The van der Waals surface area contributed by atoms with Gasteiger partial charge in [0.15, 0.2) is 5.96 Å². The first-order valence-corrected chi connectivity index (χ1v) is 8.38. The van der Waals surface area contributed by atoms with Gasteiger partial charge in [0.05, 0.1) is 0 Å². The highest BCUT2D eigenvalue weighted by molar-refractivity contribution is 14.0. The van der Waals surface area contributed by atoms with Crippen LogP contribution < -0.4 is 10.6 Å². The van der Waals surface area contributed by atoms with E-state index in [1.165, 1.54) is 25.7 Å². The number of hydrogen-bond acceptors (Lipinski definition) is 2. The minimum atomic E-state index is 0. The molecule has 134 valence electrons. The predicted molar refractivity (Wildman–Crippen MR) is 110 cm³/mol. The van der Waals surface area contributed by atoms with Crippen molar-refractivity contribution >= 4 is 35.8 Å². The van der Waals surface area contributed by atoms with Gasteiger partial charge in [-0.2, -0.15) is 0 Å². The molecule has 2 rings (SSSR count). The van der Waals surface area contributed by atoms with Gasteiger partial charge in [-0.05, 0) is 37.0 Å². The highest BCUT2D eigenvalue weighted by Crippen LogP contribution is 2.17. The van der Waals surface area contributed by atoms with Crippen molar-refractivity contribution in [3.05, 3.63) is 35.4 Å². The largest absolute Gasteiger partial charge is 0.356 e. The van der Waals surface area contributed by atoms with Crippen molar-refractivity contribution in [1.82, 2.24) is 15.5 Å². The van der Waals surface area contributed by atoms with Crippen LogP contribution in [0.5, 0.6) is 0 Å². The molecule has 1 aliphatic carbocycles. The Kier molecular flexibility index (Phi) is 9.10. The van der Waals surface area contributed by atoms with Crippen LogP contribution in [0.25, 0.3) is 0 Å². The van der Waals surface area contributed by atoms with E-state index in [-0.39, 0.29) is 29.9 Å². The molecule has 1 aliphatic rings. The number of rotatable bonds is 5. The summed E-state index contributed by atoms with van der Waals surface area (Å²) >= 11 is 0. The summed E-state index contributed by atoms with van der Waals surface area (Å²) in [6, 6.07) is 8.39. The molecule has 1 aromatic carbocycles. The Hall–Kier alpha value is -1.31. The molecule has 1 aromatic rings. The summed E-state index contributed by atoms with van der Waals surface area (Å²) in [6.45, 7) is 0.798. The summed E-state index contributed by atoms with van der Waals surface area (Å²) in [5.41, 5.74) is 1.89. The SMILES string of the molecule is CN=C(NCCc1cccc(C(=O)N(C)C)c1)NC1CCCC1.I. The highest BCUT2D eigenvalue weighted by atomic mass is 127. The van der Waals surface area contributed by atoms with Crippen LogP contribution in [0.1, 0.15) is 41.6 Å². The van der Waals surface area contributed by atoms with Gasteiger partial charge in [-0.3, -0.25) is 9.79 Å². The number of guanidine groups is 1. The van der Waals surface area contributed by atoms with Crippen molar-refractivity contribution in [1.29, 1.82) is 0 Å². The molecule has 0 spiro atoms. The minimum absolute atomic E-state index is 0. The van der Waals surface area contributed by atoms with Gasteiger partial charge in [0.2, 0.25) is 0 Å². The molecule has 0 bridgehead atoms. The van der Waals surface area contributed by atoms with E-state index >= 15 is 0 Å². The molecule has 0 atom stereocenters. The molecule has 1 amide bonds. The second-order valence-electron chi connectivity index (χ2n) is 6.27. The fraction of sp³-hybridized carbons (Fsp3) is 0.556. The first-order chi connectivity index (χ1) is 11.1. The Morgan fingerprint density at radius 2 is 2.00 bits per heavy atom. The van der Waals surface area contributed by atoms with Crippen LogP contribution in [-0.2, 0) is 6.42 Å². The molecule has 0 heterocycles. The number of carbonyl (C=O) groups excluding carboxylic acids is 1. The number of nitrogens with zero attached hydrogens (tertiary/aromatic N) is 2. The Morgan fingerprint density at radius 1 is 1.29 bits per heavy atom. The van der Waals surface area contributed by atoms with Gasteiger partial charge in [-0.15, -0.1) is 24.0 Å². The van der Waals surface area contributed by atoms with Crippen molar-refractivity contribution in [3.63, 3.8) is 0 Å². The Labute approximate surface area is 162 Å². The number of nitrogens with one attached hydrogen (secondary N) is 2. The Balaban J connectivity index is 0.00000288. The van der Waals surface area contributed by atoms with Crippen molar-refractivity contribution < 1.29 is 4.79 Å². The first-order valence-electron chi connectivity index (χ1n) is 8.38. The van der Waals surface area contributed by atoms with Gasteiger partial charge in [-0.1, -0.05) is 25.0 Å². The zero-order chi connectivity index (χ0) is 16.7. The van der Waals surface area contributed by atoms with Gasteiger partial charge in [0.1, 0.15) is 0 Å². The molecule has 0 aliphatic heterocycles. The van der Waals surface area contributed by atoms with E-state index < -0.39 is 0 Å². The third-order valence-electron chi connectivity index (χ3n) is 4.21. The number of hydrogen-bond donors (Lipinski definition) is 2. The molecule has 5 nitrogen and oxygen atoms in total. The number of aliphatic imine (C=N–C) groups is 1. The first kappa shape index (κ1) is 20.7. The predicted octanol–water partition coefficient (Wildman–Crippen LogP) is 2.66. The summed E-state index contributed by atoms with van der Waals surface area (Å²) in [5, 5.41) is 6.83. The van der Waals surface area contributed by atoms with Crippen LogP contribution in [0.4, 0.5) is 0 Å². The number of amides is 1. The average molecular weight is 444 g/mol. The number of halogens is 1. The number of benzene rings is 1. The van der Waals surface area contributed by atoms with E-state index in [0.29, 0.717) is 6.04 Å². The van der Waals surface area contributed by atoms with Crippen LogP contribution in [-0.4, -0.2) is 50.5 Å². The number of carbonyl (C=O) groups is 1. The normalized spacial score (nSPS) is 14.9. The lowest BCUT2D eigenvalue weighted by Gasteiger charge is -2.17. The van der Waals surface area contributed by atoms with E-state index in [4.69, 9.17) is 0 Å². The topological polar surface area (TPSA) is 56.7 Å². The van der Waals surface area contributed by atoms with Gasteiger partial charge in [-0.25, -0.2) is 0 Å². The third-order valence-corrected chi connectivity index (χ3v) is 4.21. The van der Waals surface area contributed by atoms with Crippen LogP contribution in [0.2, 0.25) is 0 Å². The zero-order valence-corrected chi connectivity index (χ0v) is 17.2. The van der Waals surface area contributed by atoms with E-state index in [0.717, 1.165) is 30.1 Å². The molecule has 0 unspecified atom stereocenters. The minimum Gasteiger partial charge on any atom is -0.356 e. The van der Waals surface area contributed by atoms with E-state index in [9.17, 15) is 4.79 Å². The third kappa shape index (κ3) is 6.30. The molecular formula is C18H29IN4O. The fourth-order valence-corrected chi connectivity index (χ4v) is 2.90. The van der Waals surface area contributed by atoms with Gasteiger partial charge in [0.25, 0.3) is 5.91 Å². The van der Waals surface area contributed by atoms with Crippen molar-refractivity contribution in [2.75, 3.05) is 27.7 Å². The molecule has 1 fully saturated rings. The van der Waals surface area contributed by atoms with Crippen molar-refractivity contribution in [2.24, 2.45) is 4.99 Å². The van der Waals surface area contributed by atoms with Gasteiger partial charge in [0, 0.05) is 39.3 Å². The van der Waals surface area contributed by atoms with Gasteiger partial charge < -0.3 is 15.5 Å². The quantitative estimate of drug-likeness (QED) is 0.417.